The highest BCUT2D eigenvalue weighted by Gasteiger charge is 2.23. The largest absolute Gasteiger partial charge is 0.505 e. The van der Waals surface area contributed by atoms with Crippen LogP contribution in [0.1, 0.15) is 22.9 Å². The van der Waals surface area contributed by atoms with E-state index in [4.69, 9.17) is 11.6 Å². The van der Waals surface area contributed by atoms with Gasteiger partial charge in [-0.2, -0.15) is 0 Å². The van der Waals surface area contributed by atoms with Gasteiger partial charge in [0.2, 0.25) is 0 Å². The summed E-state index contributed by atoms with van der Waals surface area (Å²) in [6.07, 6.45) is 5.07. The van der Waals surface area contributed by atoms with E-state index in [0.29, 0.717) is 27.3 Å². The molecule has 1 unspecified atom stereocenters. The first kappa shape index (κ1) is 17.2. The van der Waals surface area contributed by atoms with Gasteiger partial charge in [0.25, 0.3) is 0 Å². The van der Waals surface area contributed by atoms with Crippen molar-refractivity contribution in [3.05, 3.63) is 89.0 Å². The Morgan fingerprint density at radius 3 is 2.52 bits per heavy atom. The Balaban J connectivity index is 1.90. The van der Waals surface area contributed by atoms with Gasteiger partial charge in [0, 0.05) is 29.5 Å². The molecule has 4 aromatic rings. The number of anilines is 1. The Morgan fingerprint density at radius 1 is 0.963 bits per heavy atom. The van der Waals surface area contributed by atoms with Crippen molar-refractivity contribution in [2.45, 2.75) is 13.0 Å². The van der Waals surface area contributed by atoms with E-state index in [9.17, 15) is 5.11 Å². The van der Waals surface area contributed by atoms with Crippen LogP contribution in [-0.2, 0) is 0 Å². The van der Waals surface area contributed by atoms with Crippen LogP contribution >= 0.6 is 11.6 Å². The van der Waals surface area contributed by atoms with E-state index in [1.165, 1.54) is 0 Å². The number of fused-ring (bicyclic) bond motifs is 1. The summed E-state index contributed by atoms with van der Waals surface area (Å²) in [7, 11) is 0. The molecule has 6 heteroatoms. The van der Waals surface area contributed by atoms with Gasteiger partial charge in [0.05, 0.1) is 16.8 Å². The van der Waals surface area contributed by atoms with Gasteiger partial charge < -0.3 is 10.4 Å². The zero-order valence-electron chi connectivity index (χ0n) is 14.6. The van der Waals surface area contributed by atoms with E-state index in [0.717, 1.165) is 11.3 Å². The van der Waals surface area contributed by atoms with Crippen molar-refractivity contribution >= 4 is 28.3 Å². The minimum atomic E-state index is -0.441. The number of aromatic nitrogens is 3. The quantitative estimate of drug-likeness (QED) is 0.530. The fraction of sp³-hybridized carbons (Fsp3) is 0.0952. The summed E-state index contributed by atoms with van der Waals surface area (Å²) in [5.41, 5.74) is 2.78. The van der Waals surface area contributed by atoms with Gasteiger partial charge in [0.15, 0.2) is 0 Å². The van der Waals surface area contributed by atoms with Crippen LogP contribution in [0.5, 0.6) is 5.75 Å². The second-order valence-electron chi connectivity index (χ2n) is 6.20. The molecule has 134 valence electrons. The molecule has 0 radical (unpaired) electrons. The van der Waals surface area contributed by atoms with Gasteiger partial charge in [0.1, 0.15) is 17.1 Å². The zero-order valence-corrected chi connectivity index (χ0v) is 15.4. The first-order chi connectivity index (χ1) is 13.1. The lowest BCUT2D eigenvalue weighted by Crippen LogP contribution is -2.16. The SMILES string of the molecule is Cc1cccnc1NC(c1ccccn1)c1cc(Cl)c2cccnc2c1O. The van der Waals surface area contributed by atoms with Crippen LogP contribution in [0.4, 0.5) is 5.82 Å². The molecular formula is C21H17ClN4O. The maximum Gasteiger partial charge on any atom is 0.147 e. The molecular weight excluding hydrogens is 360 g/mol. The second kappa shape index (κ2) is 7.21. The summed E-state index contributed by atoms with van der Waals surface area (Å²) < 4.78 is 0. The standard InChI is InChI=1S/C21H17ClN4O/c1-13-6-4-11-25-21(13)26-18(17-8-2-3-9-23-17)15-12-16(22)14-7-5-10-24-19(14)20(15)27/h2-12,18,27H,1H3,(H,25,26). The number of nitrogens with zero attached hydrogens (tertiary/aromatic N) is 3. The number of pyridine rings is 3. The summed E-state index contributed by atoms with van der Waals surface area (Å²) in [6.45, 7) is 1.97. The van der Waals surface area contributed by atoms with Crippen LogP contribution in [-0.4, -0.2) is 20.1 Å². The van der Waals surface area contributed by atoms with Gasteiger partial charge >= 0.3 is 0 Å². The Bertz CT molecular complexity index is 1100. The number of phenols is 1. The maximum atomic E-state index is 10.9. The lowest BCUT2D eigenvalue weighted by atomic mass is 9.99. The zero-order chi connectivity index (χ0) is 18.8. The van der Waals surface area contributed by atoms with E-state index in [1.807, 2.05) is 43.3 Å². The number of rotatable bonds is 4. The Hall–Kier alpha value is -3.18. The van der Waals surface area contributed by atoms with E-state index in [1.54, 1.807) is 30.7 Å². The van der Waals surface area contributed by atoms with Gasteiger partial charge in [-0.1, -0.05) is 23.7 Å². The Labute approximate surface area is 161 Å². The molecule has 0 saturated heterocycles. The summed E-state index contributed by atoms with van der Waals surface area (Å²) in [5.74, 6) is 0.788. The minimum absolute atomic E-state index is 0.0757. The van der Waals surface area contributed by atoms with Crippen LogP contribution in [0.25, 0.3) is 10.9 Å². The highest BCUT2D eigenvalue weighted by atomic mass is 35.5. The van der Waals surface area contributed by atoms with Crippen molar-refractivity contribution in [1.82, 2.24) is 15.0 Å². The number of phenolic OH excluding ortho intramolecular Hbond substituents is 1. The van der Waals surface area contributed by atoms with E-state index in [2.05, 4.69) is 20.3 Å². The van der Waals surface area contributed by atoms with E-state index in [-0.39, 0.29) is 5.75 Å². The first-order valence-corrected chi connectivity index (χ1v) is 8.88. The van der Waals surface area contributed by atoms with E-state index < -0.39 is 6.04 Å². The summed E-state index contributed by atoms with van der Waals surface area (Å²) in [6, 6.07) is 14.4. The van der Waals surface area contributed by atoms with Crippen molar-refractivity contribution in [3.63, 3.8) is 0 Å². The van der Waals surface area contributed by atoms with Crippen LogP contribution in [0, 0.1) is 6.92 Å². The molecule has 3 heterocycles. The molecule has 0 bridgehead atoms. The Morgan fingerprint density at radius 2 is 1.74 bits per heavy atom. The molecule has 0 saturated carbocycles. The molecule has 0 aliphatic rings. The predicted octanol–water partition coefficient (Wildman–Crippen LogP) is 4.89. The predicted molar refractivity (Wildman–Crippen MR) is 107 cm³/mol. The highest BCUT2D eigenvalue weighted by molar-refractivity contribution is 6.35. The van der Waals surface area contributed by atoms with Crippen LogP contribution in [0.15, 0.2) is 67.1 Å². The highest BCUT2D eigenvalue weighted by Crippen LogP contribution is 2.39. The van der Waals surface area contributed by atoms with Gasteiger partial charge in [-0.25, -0.2) is 4.98 Å². The third-order valence-corrected chi connectivity index (χ3v) is 4.74. The molecule has 0 aliphatic carbocycles. The van der Waals surface area contributed by atoms with Gasteiger partial charge in [-0.3, -0.25) is 9.97 Å². The fourth-order valence-corrected chi connectivity index (χ4v) is 3.33. The van der Waals surface area contributed by atoms with Crippen molar-refractivity contribution < 1.29 is 5.11 Å². The molecule has 0 spiro atoms. The maximum absolute atomic E-state index is 10.9. The normalized spacial score (nSPS) is 12.1. The van der Waals surface area contributed by atoms with Crippen LogP contribution in [0.3, 0.4) is 0 Å². The fourth-order valence-electron chi connectivity index (χ4n) is 3.06. The smallest absolute Gasteiger partial charge is 0.147 e. The summed E-state index contributed by atoms with van der Waals surface area (Å²) in [4.78, 5) is 13.2. The molecule has 0 fully saturated rings. The minimum Gasteiger partial charge on any atom is -0.505 e. The molecule has 1 atom stereocenters. The molecule has 2 N–H and O–H groups in total. The summed E-state index contributed by atoms with van der Waals surface area (Å²) >= 11 is 6.49. The third-order valence-electron chi connectivity index (χ3n) is 4.43. The van der Waals surface area contributed by atoms with Crippen LogP contribution in [0.2, 0.25) is 5.02 Å². The van der Waals surface area contributed by atoms with Crippen molar-refractivity contribution in [2.24, 2.45) is 0 Å². The molecule has 0 aliphatic heterocycles. The van der Waals surface area contributed by atoms with Crippen molar-refractivity contribution in [3.8, 4) is 5.75 Å². The number of hydrogen-bond acceptors (Lipinski definition) is 5. The number of aromatic hydroxyl groups is 1. The molecule has 4 rings (SSSR count). The number of benzene rings is 1. The lowest BCUT2D eigenvalue weighted by Gasteiger charge is -2.22. The number of aryl methyl sites for hydroxylation is 1. The average molecular weight is 377 g/mol. The van der Waals surface area contributed by atoms with Gasteiger partial charge in [-0.15, -0.1) is 0 Å². The van der Waals surface area contributed by atoms with E-state index >= 15 is 0 Å². The molecule has 0 amide bonds. The molecule has 1 aromatic carbocycles. The van der Waals surface area contributed by atoms with Crippen LogP contribution < -0.4 is 5.32 Å². The molecule has 3 aromatic heterocycles. The van der Waals surface area contributed by atoms with Crippen molar-refractivity contribution in [2.75, 3.05) is 5.32 Å². The third kappa shape index (κ3) is 3.29. The monoisotopic (exact) mass is 376 g/mol. The van der Waals surface area contributed by atoms with Gasteiger partial charge in [-0.05, 0) is 48.9 Å². The first-order valence-electron chi connectivity index (χ1n) is 8.50. The number of hydrogen-bond donors (Lipinski definition) is 2. The number of halogens is 1. The topological polar surface area (TPSA) is 70.9 Å². The summed E-state index contributed by atoms with van der Waals surface area (Å²) in [5, 5.41) is 15.6. The second-order valence-corrected chi connectivity index (χ2v) is 6.60. The molecule has 27 heavy (non-hydrogen) atoms. The molecule has 5 nitrogen and oxygen atoms in total. The lowest BCUT2D eigenvalue weighted by molar-refractivity contribution is 0.471. The van der Waals surface area contributed by atoms with Crippen molar-refractivity contribution in [1.29, 1.82) is 0 Å². The number of nitrogens with one attached hydrogen (secondary N) is 1. The Kier molecular flexibility index (Phi) is 4.60. The average Bonchev–Trinajstić information content (AvgIpc) is 2.71.